The summed E-state index contributed by atoms with van der Waals surface area (Å²) in [5.41, 5.74) is 1.37. The molecule has 1 rings (SSSR count). The summed E-state index contributed by atoms with van der Waals surface area (Å²) >= 11 is 0. The van der Waals surface area contributed by atoms with E-state index in [1.165, 1.54) is 0 Å². The fourth-order valence-electron chi connectivity index (χ4n) is 0.899. The molecular formula is C9H8FN. The number of aryl methyl sites for hydroxylation is 2. The van der Waals surface area contributed by atoms with Gasteiger partial charge in [0.25, 0.3) is 0 Å². The number of benzene rings is 1. The predicted molar refractivity (Wildman–Crippen MR) is 42.1 cm³/mol. The van der Waals surface area contributed by atoms with E-state index in [2.05, 4.69) is 4.85 Å². The second-order valence-electron chi connectivity index (χ2n) is 2.47. The minimum absolute atomic E-state index is 0.144. The largest absolute Gasteiger partial charge is 0.235 e. The zero-order valence-corrected chi connectivity index (χ0v) is 6.48. The Morgan fingerprint density at radius 1 is 1.27 bits per heavy atom. The summed E-state index contributed by atoms with van der Waals surface area (Å²) in [6.45, 7) is 10.1. The quantitative estimate of drug-likeness (QED) is 0.499. The standard InChI is InChI=1S/C9H8FN/c1-6-4-5-7(2)9(11-3)8(6)10/h4-5H,1-2H3. The van der Waals surface area contributed by atoms with E-state index < -0.39 is 0 Å². The number of hydrogen-bond acceptors (Lipinski definition) is 0. The minimum Gasteiger partial charge on any atom is -0.235 e. The van der Waals surface area contributed by atoms with Gasteiger partial charge in [0.05, 0.1) is 6.57 Å². The zero-order chi connectivity index (χ0) is 8.43. The topological polar surface area (TPSA) is 4.36 Å². The molecule has 0 aromatic heterocycles. The normalized spacial score (nSPS) is 9.27. The van der Waals surface area contributed by atoms with Crippen LogP contribution in [0.1, 0.15) is 11.1 Å². The van der Waals surface area contributed by atoms with Crippen molar-refractivity contribution in [2.75, 3.05) is 0 Å². The third-order valence-corrected chi connectivity index (χ3v) is 1.62. The lowest BCUT2D eigenvalue weighted by atomic mass is 10.1. The van der Waals surface area contributed by atoms with E-state index in [0.717, 1.165) is 0 Å². The molecular weight excluding hydrogens is 141 g/mol. The number of rotatable bonds is 0. The van der Waals surface area contributed by atoms with Crippen molar-refractivity contribution < 1.29 is 4.39 Å². The van der Waals surface area contributed by atoms with Crippen LogP contribution in [0.5, 0.6) is 0 Å². The summed E-state index contributed by atoms with van der Waals surface area (Å²) in [6, 6.07) is 3.44. The van der Waals surface area contributed by atoms with E-state index >= 15 is 0 Å². The molecule has 0 bridgehead atoms. The highest BCUT2D eigenvalue weighted by Crippen LogP contribution is 2.24. The average molecular weight is 149 g/mol. The molecule has 0 unspecified atom stereocenters. The van der Waals surface area contributed by atoms with Crippen molar-refractivity contribution in [1.29, 1.82) is 0 Å². The van der Waals surface area contributed by atoms with Crippen LogP contribution in [0.3, 0.4) is 0 Å². The Kier molecular flexibility index (Phi) is 1.91. The van der Waals surface area contributed by atoms with Gasteiger partial charge in [0, 0.05) is 0 Å². The highest BCUT2D eigenvalue weighted by molar-refractivity contribution is 5.54. The van der Waals surface area contributed by atoms with Gasteiger partial charge in [0.1, 0.15) is 5.82 Å². The van der Waals surface area contributed by atoms with Crippen LogP contribution in [-0.2, 0) is 0 Å². The SMILES string of the molecule is [C-]#[N+]c1c(C)ccc(C)c1F. The van der Waals surface area contributed by atoms with Gasteiger partial charge in [0.2, 0.25) is 5.69 Å². The molecule has 0 aliphatic rings. The molecule has 0 N–H and O–H groups in total. The van der Waals surface area contributed by atoms with E-state index in [1.54, 1.807) is 26.0 Å². The molecule has 0 fully saturated rings. The van der Waals surface area contributed by atoms with Gasteiger partial charge in [0.15, 0.2) is 0 Å². The molecule has 0 amide bonds. The number of halogens is 1. The Balaban J connectivity index is 3.44. The van der Waals surface area contributed by atoms with Crippen LogP contribution in [-0.4, -0.2) is 0 Å². The first-order valence-electron chi connectivity index (χ1n) is 3.30. The molecule has 56 valence electrons. The smallest absolute Gasteiger partial charge is 0.225 e. The summed E-state index contributed by atoms with van der Waals surface area (Å²) in [5, 5.41) is 0. The summed E-state index contributed by atoms with van der Waals surface area (Å²) in [6.07, 6.45) is 0. The molecule has 0 atom stereocenters. The maximum atomic E-state index is 13.0. The molecule has 1 aromatic carbocycles. The highest BCUT2D eigenvalue weighted by Gasteiger charge is 2.06. The summed E-state index contributed by atoms with van der Waals surface area (Å²) in [5.74, 6) is -0.389. The van der Waals surface area contributed by atoms with Crippen molar-refractivity contribution in [2.45, 2.75) is 13.8 Å². The molecule has 0 spiro atoms. The van der Waals surface area contributed by atoms with Crippen molar-refractivity contribution in [3.63, 3.8) is 0 Å². The first-order chi connectivity index (χ1) is 5.16. The van der Waals surface area contributed by atoms with E-state index in [4.69, 9.17) is 6.57 Å². The first kappa shape index (κ1) is 7.74. The van der Waals surface area contributed by atoms with Crippen molar-refractivity contribution in [3.05, 3.63) is 40.5 Å². The molecule has 0 heterocycles. The van der Waals surface area contributed by atoms with Crippen LogP contribution in [0.2, 0.25) is 0 Å². The fourth-order valence-corrected chi connectivity index (χ4v) is 0.899. The minimum atomic E-state index is -0.389. The molecule has 0 aliphatic carbocycles. The van der Waals surface area contributed by atoms with Gasteiger partial charge in [-0.3, -0.25) is 0 Å². The van der Waals surface area contributed by atoms with E-state index in [9.17, 15) is 4.39 Å². The molecule has 1 aromatic rings. The molecule has 11 heavy (non-hydrogen) atoms. The third kappa shape index (κ3) is 1.22. The second-order valence-corrected chi connectivity index (χ2v) is 2.47. The van der Waals surface area contributed by atoms with E-state index in [1.807, 2.05) is 0 Å². The van der Waals surface area contributed by atoms with Crippen LogP contribution in [0, 0.1) is 26.2 Å². The molecule has 0 radical (unpaired) electrons. The average Bonchev–Trinajstić information content (AvgIpc) is 1.99. The third-order valence-electron chi connectivity index (χ3n) is 1.62. The molecule has 0 saturated heterocycles. The van der Waals surface area contributed by atoms with Gasteiger partial charge in [-0.25, -0.2) is 9.24 Å². The zero-order valence-electron chi connectivity index (χ0n) is 6.48. The molecule has 0 aliphatic heterocycles. The Morgan fingerprint density at radius 2 is 1.82 bits per heavy atom. The van der Waals surface area contributed by atoms with Crippen molar-refractivity contribution >= 4 is 5.69 Å². The summed E-state index contributed by atoms with van der Waals surface area (Å²) in [7, 11) is 0. The Hall–Kier alpha value is -1.36. The van der Waals surface area contributed by atoms with Gasteiger partial charge in [-0.15, -0.1) is 0 Å². The van der Waals surface area contributed by atoms with E-state index in [0.29, 0.717) is 11.1 Å². The number of nitrogens with zero attached hydrogens (tertiary/aromatic N) is 1. The maximum Gasteiger partial charge on any atom is 0.225 e. The molecule has 1 nitrogen and oxygen atoms in total. The van der Waals surface area contributed by atoms with Gasteiger partial charge >= 0.3 is 0 Å². The predicted octanol–water partition coefficient (Wildman–Crippen LogP) is 2.99. The summed E-state index contributed by atoms with van der Waals surface area (Å²) < 4.78 is 13.0. The van der Waals surface area contributed by atoms with Crippen LogP contribution in [0.15, 0.2) is 12.1 Å². The Morgan fingerprint density at radius 3 is 2.27 bits per heavy atom. The van der Waals surface area contributed by atoms with Crippen molar-refractivity contribution in [2.24, 2.45) is 0 Å². The van der Waals surface area contributed by atoms with Gasteiger partial charge in [-0.2, -0.15) is 0 Å². The van der Waals surface area contributed by atoms with Crippen LogP contribution in [0.4, 0.5) is 10.1 Å². The van der Waals surface area contributed by atoms with Gasteiger partial charge in [-0.05, 0) is 25.0 Å². The Labute approximate surface area is 65.3 Å². The Bertz CT molecular complexity index is 323. The lowest BCUT2D eigenvalue weighted by Gasteiger charge is -2.00. The fraction of sp³-hybridized carbons (Fsp3) is 0.222. The monoisotopic (exact) mass is 149 g/mol. The van der Waals surface area contributed by atoms with Crippen molar-refractivity contribution in [1.82, 2.24) is 0 Å². The lowest BCUT2D eigenvalue weighted by Crippen LogP contribution is -1.84. The number of hydrogen-bond donors (Lipinski definition) is 0. The summed E-state index contributed by atoms with van der Waals surface area (Å²) in [4.78, 5) is 3.11. The van der Waals surface area contributed by atoms with Gasteiger partial charge in [-0.1, -0.05) is 12.1 Å². The first-order valence-corrected chi connectivity index (χ1v) is 3.30. The van der Waals surface area contributed by atoms with E-state index in [-0.39, 0.29) is 11.5 Å². The van der Waals surface area contributed by atoms with Crippen molar-refractivity contribution in [3.8, 4) is 0 Å². The molecule has 2 heteroatoms. The maximum absolute atomic E-state index is 13.0. The van der Waals surface area contributed by atoms with Gasteiger partial charge < -0.3 is 0 Å². The molecule has 0 saturated carbocycles. The lowest BCUT2D eigenvalue weighted by molar-refractivity contribution is 0.623. The second kappa shape index (κ2) is 2.71. The van der Waals surface area contributed by atoms with Crippen LogP contribution < -0.4 is 0 Å². The van der Waals surface area contributed by atoms with Crippen LogP contribution >= 0.6 is 0 Å². The highest BCUT2D eigenvalue weighted by atomic mass is 19.1. The van der Waals surface area contributed by atoms with Crippen LogP contribution in [0.25, 0.3) is 4.85 Å².